The number of benzene rings is 1. The van der Waals surface area contributed by atoms with Crippen molar-refractivity contribution >= 4 is 22.9 Å². The lowest BCUT2D eigenvalue weighted by Gasteiger charge is -2.23. The van der Waals surface area contributed by atoms with E-state index in [-0.39, 0.29) is 5.91 Å². The number of carbonyl (C=O) groups excluding carboxylic acids is 1. The lowest BCUT2D eigenvalue weighted by molar-refractivity contribution is -0.118. The van der Waals surface area contributed by atoms with Gasteiger partial charge < -0.3 is 4.90 Å². The number of rotatable bonds is 5. The molecule has 3 heterocycles. The largest absolute Gasteiger partial charge is 0.312 e. The average molecular weight is 378 g/mol. The van der Waals surface area contributed by atoms with Gasteiger partial charge in [0.25, 0.3) is 0 Å². The summed E-state index contributed by atoms with van der Waals surface area (Å²) in [5.41, 5.74) is 5.54. The zero-order valence-electron chi connectivity index (χ0n) is 15.5. The van der Waals surface area contributed by atoms with Crippen LogP contribution in [0, 0.1) is 0 Å². The Labute approximate surface area is 163 Å². The zero-order valence-corrected chi connectivity index (χ0v) is 16.3. The molecule has 0 fully saturated rings. The van der Waals surface area contributed by atoms with Crippen LogP contribution in [0.2, 0.25) is 0 Å². The summed E-state index contributed by atoms with van der Waals surface area (Å²) < 4.78 is 0. The predicted molar refractivity (Wildman–Crippen MR) is 111 cm³/mol. The molecule has 27 heavy (non-hydrogen) atoms. The molecular formula is C22H23N3OS. The Hall–Kier alpha value is -2.53. The van der Waals surface area contributed by atoms with E-state index in [1.54, 1.807) is 23.7 Å². The van der Waals surface area contributed by atoms with E-state index in [9.17, 15) is 4.79 Å². The number of fused-ring (bicyclic) bond motifs is 1. The van der Waals surface area contributed by atoms with E-state index in [2.05, 4.69) is 35.5 Å². The lowest BCUT2D eigenvalue weighted by atomic mass is 10.0. The molecule has 1 aliphatic rings. The smallest absolute Gasteiger partial charge is 0.226 e. The maximum Gasteiger partial charge on any atom is 0.226 e. The van der Waals surface area contributed by atoms with Crippen molar-refractivity contribution in [2.24, 2.45) is 0 Å². The summed E-state index contributed by atoms with van der Waals surface area (Å²) in [5.74, 6) is 0.253. The van der Waals surface area contributed by atoms with Crippen molar-refractivity contribution in [1.82, 2.24) is 9.97 Å². The summed E-state index contributed by atoms with van der Waals surface area (Å²) in [5, 5.41) is 3.11. The first kappa shape index (κ1) is 17.9. The van der Waals surface area contributed by atoms with Crippen molar-refractivity contribution in [2.45, 2.75) is 39.0 Å². The minimum Gasteiger partial charge on any atom is -0.312 e. The van der Waals surface area contributed by atoms with E-state index < -0.39 is 0 Å². The van der Waals surface area contributed by atoms with Gasteiger partial charge in [-0.25, -0.2) is 4.98 Å². The molecule has 4 nitrogen and oxygen atoms in total. The molecule has 5 heteroatoms. The van der Waals surface area contributed by atoms with Crippen molar-refractivity contribution in [1.29, 1.82) is 0 Å². The fourth-order valence-corrected chi connectivity index (χ4v) is 4.34. The maximum atomic E-state index is 12.5. The van der Waals surface area contributed by atoms with E-state index in [0.29, 0.717) is 6.42 Å². The highest BCUT2D eigenvalue weighted by atomic mass is 32.1. The molecule has 0 atom stereocenters. The zero-order chi connectivity index (χ0) is 18.6. The number of unbranched alkanes of at least 4 members (excludes halogenated alkanes) is 1. The second kappa shape index (κ2) is 8.01. The molecule has 1 amide bonds. The Kier molecular flexibility index (Phi) is 5.30. The van der Waals surface area contributed by atoms with Gasteiger partial charge in [0.2, 0.25) is 5.91 Å². The number of thiazole rings is 1. The highest BCUT2D eigenvalue weighted by molar-refractivity contribution is 7.13. The van der Waals surface area contributed by atoms with Crippen LogP contribution in [-0.2, 0) is 11.2 Å². The van der Waals surface area contributed by atoms with Crippen LogP contribution in [0.25, 0.3) is 21.8 Å². The number of anilines is 1. The van der Waals surface area contributed by atoms with Gasteiger partial charge >= 0.3 is 0 Å². The predicted octanol–water partition coefficient (Wildman–Crippen LogP) is 5.34. The molecule has 4 rings (SSSR count). The number of aromatic nitrogens is 2. The summed E-state index contributed by atoms with van der Waals surface area (Å²) in [6, 6.07) is 10.4. The summed E-state index contributed by atoms with van der Waals surface area (Å²) in [7, 11) is 0. The van der Waals surface area contributed by atoms with Gasteiger partial charge in [-0.1, -0.05) is 19.4 Å². The number of hydrogen-bond acceptors (Lipinski definition) is 4. The standard InChI is InChI=1S/C22H23N3OS/c1-2-3-13-25-20-8-7-17(14-18(20)5-4-6-21(25)26)19-15-27-22(24-19)16-9-11-23-12-10-16/h7-12,14-15H,2-6,13H2,1H3. The fraction of sp³-hybridized carbons (Fsp3) is 0.318. The number of aryl methyl sites for hydroxylation is 1. The van der Waals surface area contributed by atoms with Gasteiger partial charge in [0.05, 0.1) is 5.69 Å². The quantitative estimate of drug-likeness (QED) is 0.603. The topological polar surface area (TPSA) is 46.1 Å². The van der Waals surface area contributed by atoms with E-state index in [0.717, 1.165) is 59.7 Å². The first-order valence-corrected chi connectivity index (χ1v) is 10.4. The van der Waals surface area contributed by atoms with Gasteiger partial charge in [-0.2, -0.15) is 0 Å². The number of nitrogens with zero attached hydrogens (tertiary/aromatic N) is 3. The normalized spacial score (nSPS) is 14.1. The first-order chi connectivity index (χ1) is 13.3. The van der Waals surface area contributed by atoms with Crippen LogP contribution in [0.4, 0.5) is 5.69 Å². The summed E-state index contributed by atoms with van der Waals surface area (Å²) in [4.78, 5) is 23.4. The third-order valence-electron chi connectivity index (χ3n) is 4.97. The van der Waals surface area contributed by atoms with Gasteiger partial charge in [0, 0.05) is 47.6 Å². The number of hydrogen-bond donors (Lipinski definition) is 0. The Bertz CT molecular complexity index is 936. The third kappa shape index (κ3) is 3.78. The molecule has 0 N–H and O–H groups in total. The molecule has 0 saturated carbocycles. The van der Waals surface area contributed by atoms with Gasteiger partial charge in [0.1, 0.15) is 5.01 Å². The fourth-order valence-electron chi connectivity index (χ4n) is 3.50. The SMILES string of the molecule is CCCCN1C(=O)CCCc2cc(-c3csc(-c4ccncc4)n3)ccc21. The molecule has 0 unspecified atom stereocenters. The van der Waals surface area contributed by atoms with E-state index >= 15 is 0 Å². The van der Waals surface area contributed by atoms with Crippen molar-refractivity contribution in [3.8, 4) is 21.8 Å². The van der Waals surface area contributed by atoms with Crippen molar-refractivity contribution < 1.29 is 4.79 Å². The van der Waals surface area contributed by atoms with Gasteiger partial charge in [-0.15, -0.1) is 11.3 Å². The van der Waals surface area contributed by atoms with E-state index in [4.69, 9.17) is 4.98 Å². The van der Waals surface area contributed by atoms with Crippen LogP contribution >= 0.6 is 11.3 Å². The van der Waals surface area contributed by atoms with Crippen LogP contribution in [-0.4, -0.2) is 22.4 Å². The van der Waals surface area contributed by atoms with Gasteiger partial charge in [-0.3, -0.25) is 9.78 Å². The van der Waals surface area contributed by atoms with Gasteiger partial charge in [-0.05, 0) is 49.1 Å². The third-order valence-corrected chi connectivity index (χ3v) is 5.86. The first-order valence-electron chi connectivity index (χ1n) is 9.56. The molecule has 0 aliphatic carbocycles. The maximum absolute atomic E-state index is 12.5. The molecule has 0 spiro atoms. The summed E-state index contributed by atoms with van der Waals surface area (Å²) >= 11 is 1.65. The van der Waals surface area contributed by atoms with Crippen LogP contribution in [0.1, 0.15) is 38.2 Å². The molecule has 1 aromatic carbocycles. The highest BCUT2D eigenvalue weighted by Gasteiger charge is 2.22. The number of carbonyl (C=O) groups is 1. The van der Waals surface area contributed by atoms with E-state index in [1.807, 2.05) is 17.0 Å². The van der Waals surface area contributed by atoms with Gasteiger partial charge in [0.15, 0.2) is 0 Å². The summed E-state index contributed by atoms with van der Waals surface area (Å²) in [6.07, 6.45) is 8.20. The van der Waals surface area contributed by atoms with Crippen LogP contribution in [0.5, 0.6) is 0 Å². The Morgan fingerprint density at radius 2 is 1.96 bits per heavy atom. The van der Waals surface area contributed by atoms with Crippen LogP contribution in [0.3, 0.4) is 0 Å². The molecule has 3 aromatic rings. The Balaban J connectivity index is 1.66. The number of pyridine rings is 1. The second-order valence-electron chi connectivity index (χ2n) is 6.87. The summed E-state index contributed by atoms with van der Waals surface area (Å²) in [6.45, 7) is 2.97. The molecule has 2 aromatic heterocycles. The molecule has 0 saturated heterocycles. The highest BCUT2D eigenvalue weighted by Crippen LogP contribution is 2.34. The Morgan fingerprint density at radius 3 is 2.78 bits per heavy atom. The molecule has 0 bridgehead atoms. The molecule has 138 valence electrons. The second-order valence-corrected chi connectivity index (χ2v) is 7.73. The van der Waals surface area contributed by atoms with Crippen LogP contribution in [0.15, 0.2) is 48.1 Å². The molecular weight excluding hydrogens is 354 g/mol. The van der Waals surface area contributed by atoms with E-state index in [1.165, 1.54) is 5.56 Å². The minimum absolute atomic E-state index is 0.253. The monoisotopic (exact) mass is 377 g/mol. The van der Waals surface area contributed by atoms with Crippen molar-refractivity contribution in [3.63, 3.8) is 0 Å². The van der Waals surface area contributed by atoms with Crippen molar-refractivity contribution in [2.75, 3.05) is 11.4 Å². The average Bonchev–Trinajstić information content (AvgIpc) is 3.14. The van der Waals surface area contributed by atoms with Crippen molar-refractivity contribution in [3.05, 3.63) is 53.7 Å². The van der Waals surface area contributed by atoms with Crippen LogP contribution < -0.4 is 4.90 Å². The number of amides is 1. The molecule has 1 aliphatic heterocycles. The minimum atomic E-state index is 0.253. The lowest BCUT2D eigenvalue weighted by Crippen LogP contribution is -2.31. The Morgan fingerprint density at radius 1 is 1.11 bits per heavy atom. The molecule has 0 radical (unpaired) electrons.